The molecule has 1 aromatic carbocycles. The van der Waals surface area contributed by atoms with Crippen molar-refractivity contribution in [1.29, 1.82) is 5.26 Å². The van der Waals surface area contributed by atoms with Crippen molar-refractivity contribution >= 4 is 11.6 Å². The summed E-state index contributed by atoms with van der Waals surface area (Å²) in [5.41, 5.74) is -0.0909. The largest absolute Gasteiger partial charge is 0.497 e. The fraction of sp³-hybridized carbons (Fsp3) is 0.467. The number of nitriles is 1. The van der Waals surface area contributed by atoms with Gasteiger partial charge in [-0.05, 0) is 31.5 Å². The maximum atomic E-state index is 12.3. The Morgan fingerprint density at radius 3 is 2.65 bits per heavy atom. The molecule has 0 saturated carbocycles. The monoisotopic (exact) mass is 276 g/mol. The highest BCUT2D eigenvalue weighted by Gasteiger charge is 2.32. The molecule has 1 unspecified atom stereocenters. The average Bonchev–Trinajstić information content (AvgIpc) is 2.47. The number of carbonyl (C=O) groups is 1. The second-order valence-corrected chi connectivity index (χ2v) is 4.66. The Morgan fingerprint density at radius 1 is 1.45 bits per heavy atom. The Hall–Kier alpha value is -2.06. The van der Waals surface area contributed by atoms with Crippen LogP contribution < -0.4 is 10.1 Å². The fourth-order valence-electron chi connectivity index (χ4n) is 1.89. The SMILES string of the molecule is CCCC(C)(OC)C(=O)Nc1ccc(OC)cc1C#N. The first-order valence-corrected chi connectivity index (χ1v) is 6.45. The summed E-state index contributed by atoms with van der Waals surface area (Å²) in [6, 6.07) is 6.97. The van der Waals surface area contributed by atoms with Gasteiger partial charge in [-0.15, -0.1) is 0 Å². The first-order chi connectivity index (χ1) is 9.50. The van der Waals surface area contributed by atoms with Gasteiger partial charge in [0.2, 0.25) is 0 Å². The third-order valence-corrected chi connectivity index (χ3v) is 3.25. The Kier molecular flexibility index (Phi) is 5.53. The molecule has 5 nitrogen and oxygen atoms in total. The highest BCUT2D eigenvalue weighted by atomic mass is 16.5. The van der Waals surface area contributed by atoms with Crippen LogP contribution >= 0.6 is 0 Å². The van der Waals surface area contributed by atoms with Crippen LogP contribution in [0, 0.1) is 11.3 Å². The fourth-order valence-corrected chi connectivity index (χ4v) is 1.89. The highest BCUT2D eigenvalue weighted by molar-refractivity contribution is 5.98. The van der Waals surface area contributed by atoms with Gasteiger partial charge in [0.25, 0.3) is 5.91 Å². The van der Waals surface area contributed by atoms with E-state index in [9.17, 15) is 4.79 Å². The molecule has 1 atom stereocenters. The van der Waals surface area contributed by atoms with Gasteiger partial charge in [-0.25, -0.2) is 0 Å². The molecule has 1 amide bonds. The first-order valence-electron chi connectivity index (χ1n) is 6.45. The van der Waals surface area contributed by atoms with Gasteiger partial charge in [0.05, 0.1) is 18.4 Å². The normalized spacial score (nSPS) is 13.2. The van der Waals surface area contributed by atoms with Crippen molar-refractivity contribution in [3.8, 4) is 11.8 Å². The molecule has 0 radical (unpaired) electrons. The molecule has 1 N–H and O–H groups in total. The maximum Gasteiger partial charge on any atom is 0.256 e. The lowest BCUT2D eigenvalue weighted by molar-refractivity contribution is -0.136. The van der Waals surface area contributed by atoms with Gasteiger partial charge in [-0.1, -0.05) is 13.3 Å². The highest BCUT2D eigenvalue weighted by Crippen LogP contribution is 2.24. The number of hydrogen-bond donors (Lipinski definition) is 1. The van der Waals surface area contributed by atoms with Gasteiger partial charge in [0.15, 0.2) is 0 Å². The van der Waals surface area contributed by atoms with Crippen molar-refractivity contribution < 1.29 is 14.3 Å². The second kappa shape index (κ2) is 6.92. The van der Waals surface area contributed by atoms with E-state index in [0.717, 1.165) is 6.42 Å². The van der Waals surface area contributed by atoms with Gasteiger partial charge >= 0.3 is 0 Å². The number of benzene rings is 1. The van der Waals surface area contributed by atoms with E-state index < -0.39 is 5.60 Å². The van der Waals surface area contributed by atoms with Gasteiger partial charge in [0.1, 0.15) is 17.4 Å². The predicted molar refractivity (Wildman–Crippen MR) is 76.7 cm³/mol. The van der Waals surface area contributed by atoms with E-state index in [2.05, 4.69) is 5.32 Å². The van der Waals surface area contributed by atoms with Crippen LogP contribution in [0.4, 0.5) is 5.69 Å². The summed E-state index contributed by atoms with van der Waals surface area (Å²) in [4.78, 5) is 12.3. The number of nitrogens with zero attached hydrogens (tertiary/aromatic N) is 1. The number of hydrogen-bond acceptors (Lipinski definition) is 4. The molecule has 0 saturated heterocycles. The third-order valence-electron chi connectivity index (χ3n) is 3.25. The average molecular weight is 276 g/mol. The van der Waals surface area contributed by atoms with Crippen LogP contribution in [0.3, 0.4) is 0 Å². The van der Waals surface area contributed by atoms with E-state index in [-0.39, 0.29) is 5.91 Å². The summed E-state index contributed by atoms with van der Waals surface area (Å²) < 4.78 is 10.4. The number of carbonyl (C=O) groups excluding carboxylic acids is 1. The maximum absolute atomic E-state index is 12.3. The Labute approximate surface area is 119 Å². The molecule has 0 fully saturated rings. The number of rotatable bonds is 6. The molecule has 108 valence electrons. The van der Waals surface area contributed by atoms with Gasteiger partial charge < -0.3 is 14.8 Å². The second-order valence-electron chi connectivity index (χ2n) is 4.66. The van der Waals surface area contributed by atoms with Crippen molar-refractivity contribution in [3.63, 3.8) is 0 Å². The van der Waals surface area contributed by atoms with Gasteiger partial charge in [-0.2, -0.15) is 5.26 Å². The van der Waals surface area contributed by atoms with E-state index in [4.69, 9.17) is 14.7 Å². The van der Waals surface area contributed by atoms with Crippen LogP contribution in [-0.2, 0) is 9.53 Å². The lowest BCUT2D eigenvalue weighted by atomic mass is 9.99. The zero-order chi connectivity index (χ0) is 15.2. The third kappa shape index (κ3) is 3.49. The topological polar surface area (TPSA) is 71.3 Å². The molecular weight excluding hydrogens is 256 g/mol. The number of anilines is 1. The van der Waals surface area contributed by atoms with E-state index in [1.807, 2.05) is 13.0 Å². The minimum absolute atomic E-state index is 0.261. The van der Waals surface area contributed by atoms with Crippen molar-refractivity contribution in [2.24, 2.45) is 0 Å². The standard InChI is InChI=1S/C15H20N2O3/c1-5-8-15(2,20-4)14(18)17-13-7-6-12(19-3)9-11(13)10-16/h6-7,9H,5,8H2,1-4H3,(H,17,18). The Bertz CT molecular complexity index is 522. The Balaban J connectivity index is 2.98. The van der Waals surface area contributed by atoms with Crippen LogP contribution in [0.1, 0.15) is 32.3 Å². The number of ether oxygens (including phenoxy) is 2. The molecule has 1 aromatic rings. The van der Waals surface area contributed by atoms with E-state index >= 15 is 0 Å². The molecular formula is C15H20N2O3. The van der Waals surface area contributed by atoms with E-state index in [0.29, 0.717) is 23.4 Å². The molecule has 0 aliphatic rings. The lowest BCUT2D eigenvalue weighted by Gasteiger charge is -2.26. The minimum atomic E-state index is -0.901. The molecule has 0 heterocycles. The lowest BCUT2D eigenvalue weighted by Crippen LogP contribution is -2.41. The predicted octanol–water partition coefficient (Wildman–Crippen LogP) is 2.71. The molecule has 0 spiro atoms. The van der Waals surface area contributed by atoms with Crippen molar-refractivity contribution in [2.45, 2.75) is 32.3 Å². The summed E-state index contributed by atoms with van der Waals surface area (Å²) in [6.07, 6.45) is 1.43. The Morgan fingerprint density at radius 2 is 2.15 bits per heavy atom. The first kappa shape index (κ1) is 16.0. The van der Waals surface area contributed by atoms with E-state index in [1.54, 1.807) is 25.1 Å². The molecule has 1 rings (SSSR count). The number of methoxy groups -OCH3 is 2. The summed E-state index contributed by atoms with van der Waals surface area (Å²) in [6.45, 7) is 3.72. The zero-order valence-electron chi connectivity index (χ0n) is 12.3. The quantitative estimate of drug-likeness (QED) is 0.867. The van der Waals surface area contributed by atoms with Crippen LogP contribution in [0.15, 0.2) is 18.2 Å². The summed E-state index contributed by atoms with van der Waals surface area (Å²) in [7, 11) is 3.03. The zero-order valence-corrected chi connectivity index (χ0v) is 12.3. The van der Waals surface area contributed by atoms with Crippen molar-refractivity contribution in [3.05, 3.63) is 23.8 Å². The number of amides is 1. The van der Waals surface area contributed by atoms with Crippen molar-refractivity contribution in [2.75, 3.05) is 19.5 Å². The van der Waals surface area contributed by atoms with Crippen LogP contribution in [0.2, 0.25) is 0 Å². The van der Waals surface area contributed by atoms with Crippen LogP contribution in [-0.4, -0.2) is 25.7 Å². The van der Waals surface area contributed by atoms with Gasteiger partial charge in [-0.3, -0.25) is 4.79 Å². The summed E-state index contributed by atoms with van der Waals surface area (Å²) >= 11 is 0. The molecule has 20 heavy (non-hydrogen) atoms. The van der Waals surface area contributed by atoms with Gasteiger partial charge in [0, 0.05) is 7.11 Å². The van der Waals surface area contributed by atoms with E-state index in [1.165, 1.54) is 14.2 Å². The molecule has 0 bridgehead atoms. The smallest absolute Gasteiger partial charge is 0.256 e. The van der Waals surface area contributed by atoms with Crippen LogP contribution in [0.5, 0.6) is 5.75 Å². The van der Waals surface area contributed by atoms with Crippen LogP contribution in [0.25, 0.3) is 0 Å². The summed E-state index contributed by atoms with van der Waals surface area (Å²) in [5, 5.41) is 11.9. The summed E-state index contributed by atoms with van der Waals surface area (Å²) in [5.74, 6) is 0.311. The minimum Gasteiger partial charge on any atom is -0.497 e. The molecule has 0 aliphatic carbocycles. The molecule has 0 aliphatic heterocycles. The van der Waals surface area contributed by atoms with Crippen molar-refractivity contribution in [1.82, 2.24) is 0 Å². The number of nitrogens with one attached hydrogen (secondary N) is 1. The molecule has 0 aromatic heterocycles. The molecule has 5 heteroatoms.